The Bertz CT molecular complexity index is 606. The minimum absolute atomic E-state index is 0.191. The summed E-state index contributed by atoms with van der Waals surface area (Å²) in [5.74, 6) is 0.406. The molecule has 4 nitrogen and oxygen atoms in total. The molecule has 0 saturated carbocycles. The predicted molar refractivity (Wildman–Crippen MR) is 81.2 cm³/mol. The second kappa shape index (κ2) is 6.10. The summed E-state index contributed by atoms with van der Waals surface area (Å²) in [6.45, 7) is 4.43. The van der Waals surface area contributed by atoms with Crippen LogP contribution in [0.2, 0.25) is 0 Å². The zero-order chi connectivity index (χ0) is 14.5. The van der Waals surface area contributed by atoms with Crippen molar-refractivity contribution in [1.29, 1.82) is 0 Å². The molecule has 0 atom stereocenters. The first-order valence-electron chi connectivity index (χ1n) is 6.50. The number of ether oxygens (including phenoxy) is 1. The van der Waals surface area contributed by atoms with Gasteiger partial charge in [-0.15, -0.1) is 0 Å². The maximum atomic E-state index is 12.1. The molecule has 3 N–H and O–H groups in total. The minimum atomic E-state index is -0.191. The number of nitrogen functional groups attached to an aromatic ring is 1. The van der Waals surface area contributed by atoms with Crippen molar-refractivity contribution in [2.75, 3.05) is 17.7 Å². The smallest absolute Gasteiger partial charge is 0.255 e. The van der Waals surface area contributed by atoms with Crippen LogP contribution in [0.4, 0.5) is 11.4 Å². The maximum absolute atomic E-state index is 12.1. The van der Waals surface area contributed by atoms with Gasteiger partial charge in [0.1, 0.15) is 5.75 Å². The highest BCUT2D eigenvalue weighted by Gasteiger charge is 2.09. The average Bonchev–Trinajstić information content (AvgIpc) is 2.44. The summed E-state index contributed by atoms with van der Waals surface area (Å²) < 4.78 is 5.35. The van der Waals surface area contributed by atoms with Crippen LogP contribution in [0.1, 0.15) is 22.8 Å². The minimum Gasteiger partial charge on any atom is -0.492 e. The van der Waals surface area contributed by atoms with Gasteiger partial charge >= 0.3 is 0 Å². The molecule has 20 heavy (non-hydrogen) atoms. The third-order valence-corrected chi connectivity index (χ3v) is 2.88. The Morgan fingerprint density at radius 3 is 2.50 bits per heavy atom. The van der Waals surface area contributed by atoms with Gasteiger partial charge in [0.15, 0.2) is 0 Å². The van der Waals surface area contributed by atoms with E-state index in [9.17, 15) is 4.79 Å². The standard InChI is InChI=1S/C16H18N2O2/c1-3-20-15-9-6-12(10-14(15)17)16(19)18-13-7-4-11(2)5-8-13/h4-10H,3,17H2,1-2H3,(H,18,19). The molecule has 2 aromatic carbocycles. The number of benzene rings is 2. The second-order valence-corrected chi connectivity index (χ2v) is 4.51. The van der Waals surface area contributed by atoms with Crippen LogP contribution < -0.4 is 15.8 Å². The van der Waals surface area contributed by atoms with E-state index >= 15 is 0 Å². The van der Waals surface area contributed by atoms with Crippen LogP contribution in [0.5, 0.6) is 5.75 Å². The topological polar surface area (TPSA) is 64.3 Å². The molecule has 0 saturated heterocycles. The number of hydrogen-bond donors (Lipinski definition) is 2. The molecule has 2 rings (SSSR count). The molecule has 2 aromatic rings. The van der Waals surface area contributed by atoms with Crippen LogP contribution in [0.25, 0.3) is 0 Å². The van der Waals surface area contributed by atoms with Gasteiger partial charge in [-0.1, -0.05) is 17.7 Å². The fourth-order valence-corrected chi connectivity index (χ4v) is 1.82. The Labute approximate surface area is 118 Å². The predicted octanol–water partition coefficient (Wildman–Crippen LogP) is 3.23. The van der Waals surface area contributed by atoms with Crippen molar-refractivity contribution < 1.29 is 9.53 Å². The molecule has 0 aromatic heterocycles. The molecule has 0 spiro atoms. The van der Waals surface area contributed by atoms with Crippen molar-refractivity contribution in [1.82, 2.24) is 0 Å². The largest absolute Gasteiger partial charge is 0.492 e. The summed E-state index contributed by atoms with van der Waals surface area (Å²) >= 11 is 0. The van der Waals surface area contributed by atoms with E-state index in [0.29, 0.717) is 23.6 Å². The van der Waals surface area contributed by atoms with E-state index in [1.807, 2.05) is 38.1 Å². The van der Waals surface area contributed by atoms with Crippen molar-refractivity contribution >= 4 is 17.3 Å². The van der Waals surface area contributed by atoms with E-state index in [2.05, 4.69) is 5.32 Å². The lowest BCUT2D eigenvalue weighted by molar-refractivity contribution is 0.102. The summed E-state index contributed by atoms with van der Waals surface area (Å²) in [6.07, 6.45) is 0. The van der Waals surface area contributed by atoms with Gasteiger partial charge < -0.3 is 15.8 Å². The fourth-order valence-electron chi connectivity index (χ4n) is 1.82. The molecule has 0 heterocycles. The molecule has 0 fully saturated rings. The quantitative estimate of drug-likeness (QED) is 0.838. The summed E-state index contributed by atoms with van der Waals surface area (Å²) in [6, 6.07) is 12.7. The lowest BCUT2D eigenvalue weighted by Gasteiger charge is -2.09. The summed E-state index contributed by atoms with van der Waals surface area (Å²) in [5, 5.41) is 2.83. The molecule has 4 heteroatoms. The van der Waals surface area contributed by atoms with Gasteiger partial charge in [-0.05, 0) is 44.2 Å². The van der Waals surface area contributed by atoms with E-state index in [1.165, 1.54) is 0 Å². The number of carbonyl (C=O) groups excluding carboxylic acids is 1. The Morgan fingerprint density at radius 1 is 1.20 bits per heavy atom. The van der Waals surface area contributed by atoms with Gasteiger partial charge in [0.2, 0.25) is 0 Å². The van der Waals surface area contributed by atoms with Gasteiger partial charge in [0, 0.05) is 11.3 Å². The van der Waals surface area contributed by atoms with Crippen LogP contribution in [0, 0.1) is 6.92 Å². The molecule has 0 unspecified atom stereocenters. The second-order valence-electron chi connectivity index (χ2n) is 4.51. The molecule has 0 radical (unpaired) electrons. The third kappa shape index (κ3) is 3.29. The van der Waals surface area contributed by atoms with Crippen molar-refractivity contribution in [3.63, 3.8) is 0 Å². The van der Waals surface area contributed by atoms with Gasteiger partial charge in [-0.25, -0.2) is 0 Å². The molecule has 0 aliphatic heterocycles. The van der Waals surface area contributed by atoms with Crippen LogP contribution in [-0.2, 0) is 0 Å². The molecule has 0 aliphatic rings. The highest BCUT2D eigenvalue weighted by molar-refractivity contribution is 6.05. The number of anilines is 2. The molecule has 0 aliphatic carbocycles. The highest BCUT2D eigenvalue weighted by Crippen LogP contribution is 2.23. The number of amides is 1. The monoisotopic (exact) mass is 270 g/mol. The van der Waals surface area contributed by atoms with Crippen LogP contribution in [0.15, 0.2) is 42.5 Å². The molecule has 1 amide bonds. The average molecular weight is 270 g/mol. The maximum Gasteiger partial charge on any atom is 0.255 e. The number of aryl methyl sites for hydroxylation is 1. The van der Waals surface area contributed by atoms with Crippen LogP contribution in [-0.4, -0.2) is 12.5 Å². The number of nitrogens with two attached hydrogens (primary N) is 1. The zero-order valence-corrected chi connectivity index (χ0v) is 11.6. The van der Waals surface area contributed by atoms with Gasteiger partial charge in [0.25, 0.3) is 5.91 Å². The number of nitrogens with one attached hydrogen (secondary N) is 1. The summed E-state index contributed by atoms with van der Waals surface area (Å²) in [5.41, 5.74) is 8.73. The zero-order valence-electron chi connectivity index (χ0n) is 11.6. The number of hydrogen-bond acceptors (Lipinski definition) is 3. The SMILES string of the molecule is CCOc1ccc(C(=O)Nc2ccc(C)cc2)cc1N. The first kappa shape index (κ1) is 13.9. The first-order chi connectivity index (χ1) is 9.60. The van der Waals surface area contributed by atoms with Gasteiger partial charge in [0.05, 0.1) is 12.3 Å². The van der Waals surface area contributed by atoms with Crippen molar-refractivity contribution in [3.8, 4) is 5.75 Å². The Hall–Kier alpha value is -2.49. The van der Waals surface area contributed by atoms with Gasteiger partial charge in [-0.3, -0.25) is 4.79 Å². The number of carbonyl (C=O) groups is 1. The summed E-state index contributed by atoms with van der Waals surface area (Å²) in [7, 11) is 0. The fraction of sp³-hybridized carbons (Fsp3) is 0.188. The lowest BCUT2D eigenvalue weighted by Crippen LogP contribution is -2.12. The molecule has 0 bridgehead atoms. The van der Waals surface area contributed by atoms with E-state index in [1.54, 1.807) is 18.2 Å². The van der Waals surface area contributed by atoms with E-state index in [0.717, 1.165) is 11.3 Å². The Kier molecular flexibility index (Phi) is 4.25. The number of rotatable bonds is 4. The van der Waals surface area contributed by atoms with E-state index < -0.39 is 0 Å². The Balaban J connectivity index is 2.13. The molecular formula is C16H18N2O2. The third-order valence-electron chi connectivity index (χ3n) is 2.88. The van der Waals surface area contributed by atoms with Crippen LogP contribution >= 0.6 is 0 Å². The highest BCUT2D eigenvalue weighted by atomic mass is 16.5. The van der Waals surface area contributed by atoms with Crippen molar-refractivity contribution in [2.24, 2.45) is 0 Å². The summed E-state index contributed by atoms with van der Waals surface area (Å²) in [4.78, 5) is 12.1. The molecule has 104 valence electrons. The Morgan fingerprint density at radius 2 is 1.90 bits per heavy atom. The normalized spacial score (nSPS) is 10.1. The van der Waals surface area contributed by atoms with E-state index in [-0.39, 0.29) is 5.91 Å². The van der Waals surface area contributed by atoms with Crippen LogP contribution in [0.3, 0.4) is 0 Å². The van der Waals surface area contributed by atoms with Gasteiger partial charge in [-0.2, -0.15) is 0 Å². The van der Waals surface area contributed by atoms with E-state index in [4.69, 9.17) is 10.5 Å². The van der Waals surface area contributed by atoms with Crippen molar-refractivity contribution in [2.45, 2.75) is 13.8 Å². The van der Waals surface area contributed by atoms with Crippen molar-refractivity contribution in [3.05, 3.63) is 53.6 Å². The first-order valence-corrected chi connectivity index (χ1v) is 6.50. The lowest BCUT2D eigenvalue weighted by atomic mass is 10.1. The molecular weight excluding hydrogens is 252 g/mol.